The second-order valence-corrected chi connectivity index (χ2v) is 3.83. The second-order valence-electron chi connectivity index (χ2n) is 3.83. The maximum Gasteiger partial charge on any atom is 0.305 e. The molecule has 0 fully saturated rings. The number of hydrogen-bond acceptors (Lipinski definition) is 4. The van der Waals surface area contributed by atoms with Crippen molar-refractivity contribution in [3.63, 3.8) is 0 Å². The molecular formula is C12H15NO4. The number of nitro groups is 1. The Morgan fingerprint density at radius 1 is 1.47 bits per heavy atom. The first-order chi connectivity index (χ1) is 8.04. The molecule has 0 aromatic rings. The van der Waals surface area contributed by atoms with Crippen LogP contribution >= 0.6 is 0 Å². The van der Waals surface area contributed by atoms with Gasteiger partial charge in [-0.15, -0.1) is 0 Å². The van der Waals surface area contributed by atoms with E-state index in [4.69, 9.17) is 0 Å². The van der Waals surface area contributed by atoms with Crippen LogP contribution in [0.2, 0.25) is 0 Å². The van der Waals surface area contributed by atoms with Crippen LogP contribution in [-0.4, -0.2) is 24.0 Å². The lowest BCUT2D eigenvalue weighted by Gasteiger charge is -2.01. The predicted octanol–water partition coefficient (Wildman–Crippen LogP) is 2.27. The smallest absolute Gasteiger partial charge is 0.305 e. The molecular weight excluding hydrogens is 222 g/mol. The highest BCUT2D eigenvalue weighted by molar-refractivity contribution is 5.80. The third-order valence-electron chi connectivity index (χ3n) is 2.47. The Morgan fingerprint density at radius 3 is 2.35 bits per heavy atom. The minimum Gasteiger partial charge on any atom is -0.469 e. The molecule has 2 aliphatic rings. The third kappa shape index (κ3) is 4.63. The fraction of sp³-hybridized carbons (Fsp3) is 0.417. The van der Waals surface area contributed by atoms with Crippen LogP contribution in [0.5, 0.6) is 0 Å². The van der Waals surface area contributed by atoms with Crippen molar-refractivity contribution in [2.45, 2.75) is 25.8 Å². The molecule has 17 heavy (non-hydrogen) atoms. The number of carbonyl (C=O) groups is 1. The van der Waals surface area contributed by atoms with Crippen LogP contribution in [0.15, 0.2) is 24.3 Å². The van der Waals surface area contributed by atoms with Gasteiger partial charge in [0.1, 0.15) is 0 Å². The number of ether oxygens (including phenoxy) is 1. The molecule has 2 aliphatic carbocycles. The van der Waals surface area contributed by atoms with Crippen LogP contribution in [0, 0.1) is 10.1 Å². The molecule has 0 aromatic carbocycles. The summed E-state index contributed by atoms with van der Waals surface area (Å²) in [6.07, 6.45) is 0.346. The number of methoxy groups -OCH3 is 1. The Hall–Kier alpha value is -1.91. The zero-order chi connectivity index (χ0) is 12.8. The van der Waals surface area contributed by atoms with Gasteiger partial charge < -0.3 is 4.74 Å². The van der Waals surface area contributed by atoms with Gasteiger partial charge in [-0.2, -0.15) is 0 Å². The number of rotatable bonds is 4. The van der Waals surface area contributed by atoms with Crippen LogP contribution in [0.25, 0.3) is 11.1 Å². The van der Waals surface area contributed by atoms with E-state index in [1.54, 1.807) is 0 Å². The Kier molecular flexibility index (Phi) is 4.63. The average molecular weight is 237 g/mol. The van der Waals surface area contributed by atoms with Crippen molar-refractivity contribution in [1.29, 1.82) is 0 Å². The minimum atomic E-state index is -0.672. The van der Waals surface area contributed by atoms with E-state index in [1.165, 1.54) is 25.2 Å². The van der Waals surface area contributed by atoms with Crippen LogP contribution < -0.4 is 0 Å². The zero-order valence-electron chi connectivity index (χ0n) is 9.88. The summed E-state index contributed by atoms with van der Waals surface area (Å²) in [5, 5.41) is 10.1. The number of nitrogens with zero attached hydrogens (tertiary/aromatic N) is 1. The standard InChI is InChI=1S/C6H11NO4.C6H4/c1-5(7(9)10)3-4-6(8)11-2;1-2-5-4-6(5)3-1/h5H,3-4H2,1-2H3;1-4H. The van der Waals surface area contributed by atoms with Crippen molar-refractivity contribution in [2.75, 3.05) is 7.11 Å². The molecule has 5 heteroatoms. The Bertz CT molecular complexity index is 399. The van der Waals surface area contributed by atoms with Crippen molar-refractivity contribution in [2.24, 2.45) is 0 Å². The largest absolute Gasteiger partial charge is 0.469 e. The molecule has 0 radical (unpaired) electrons. The molecule has 1 unspecified atom stereocenters. The minimum absolute atomic E-state index is 0.110. The Morgan fingerprint density at radius 2 is 2.06 bits per heavy atom. The molecule has 5 nitrogen and oxygen atoms in total. The molecule has 0 heterocycles. The quantitative estimate of drug-likeness (QED) is 0.464. The predicted molar refractivity (Wildman–Crippen MR) is 63.1 cm³/mol. The molecule has 0 N–H and O–H groups in total. The van der Waals surface area contributed by atoms with Gasteiger partial charge in [-0.1, -0.05) is 18.2 Å². The summed E-state index contributed by atoms with van der Waals surface area (Å²) in [5.74, 6) is -0.404. The summed E-state index contributed by atoms with van der Waals surface area (Å²) < 4.78 is 4.32. The molecule has 1 atom stereocenters. The fourth-order valence-corrected chi connectivity index (χ4v) is 1.21. The molecule has 2 rings (SSSR count). The first kappa shape index (κ1) is 13.2. The molecule has 0 aliphatic heterocycles. The first-order valence-corrected chi connectivity index (χ1v) is 5.35. The molecule has 0 spiro atoms. The van der Waals surface area contributed by atoms with E-state index in [1.807, 2.05) is 0 Å². The highest BCUT2D eigenvalue weighted by atomic mass is 16.6. The lowest BCUT2D eigenvalue weighted by molar-refractivity contribution is -0.518. The summed E-state index contributed by atoms with van der Waals surface area (Å²) in [5.41, 5.74) is 2.85. The van der Waals surface area contributed by atoms with Crippen molar-refractivity contribution in [1.82, 2.24) is 0 Å². The fourth-order valence-electron chi connectivity index (χ4n) is 1.21. The zero-order valence-corrected chi connectivity index (χ0v) is 9.88. The molecule has 0 bridgehead atoms. The van der Waals surface area contributed by atoms with Crippen LogP contribution in [-0.2, 0) is 9.53 Å². The lowest BCUT2D eigenvalue weighted by Crippen LogP contribution is -2.16. The summed E-state index contributed by atoms with van der Waals surface area (Å²) in [6, 6.07) is 7.81. The molecule has 92 valence electrons. The lowest BCUT2D eigenvalue weighted by atomic mass is 10.2. The van der Waals surface area contributed by atoms with E-state index in [0.29, 0.717) is 0 Å². The van der Waals surface area contributed by atoms with Gasteiger partial charge in [0, 0.05) is 18.3 Å². The highest BCUT2D eigenvalue weighted by Gasteiger charge is 2.14. The summed E-state index contributed by atoms with van der Waals surface area (Å²) in [4.78, 5) is 20.1. The van der Waals surface area contributed by atoms with Gasteiger partial charge in [-0.05, 0) is 17.2 Å². The summed E-state index contributed by atoms with van der Waals surface area (Å²) in [6.45, 7) is 1.46. The van der Waals surface area contributed by atoms with Crippen molar-refractivity contribution >= 4 is 5.97 Å². The van der Waals surface area contributed by atoms with E-state index in [-0.39, 0.29) is 12.8 Å². The Labute approximate surface area is 99.5 Å². The van der Waals surface area contributed by atoms with E-state index in [9.17, 15) is 14.9 Å². The van der Waals surface area contributed by atoms with Gasteiger partial charge in [0.2, 0.25) is 6.04 Å². The number of fused-ring (bicyclic) bond motifs is 1. The molecule has 0 saturated carbocycles. The maximum atomic E-state index is 10.5. The topological polar surface area (TPSA) is 69.4 Å². The van der Waals surface area contributed by atoms with E-state index in [2.05, 4.69) is 29.0 Å². The second kappa shape index (κ2) is 5.98. The summed E-state index contributed by atoms with van der Waals surface area (Å²) >= 11 is 0. The molecule has 0 saturated heterocycles. The number of esters is 1. The third-order valence-corrected chi connectivity index (χ3v) is 2.47. The normalized spacial score (nSPS) is 11.9. The van der Waals surface area contributed by atoms with E-state index < -0.39 is 16.9 Å². The number of carbonyl (C=O) groups excluding carboxylic acids is 1. The van der Waals surface area contributed by atoms with Gasteiger partial charge in [0.05, 0.1) is 13.5 Å². The van der Waals surface area contributed by atoms with Crippen molar-refractivity contribution in [3.8, 4) is 11.1 Å². The van der Waals surface area contributed by atoms with Crippen LogP contribution in [0.4, 0.5) is 0 Å². The monoisotopic (exact) mass is 237 g/mol. The Balaban J connectivity index is 0.000000196. The van der Waals surface area contributed by atoms with Crippen LogP contribution in [0.3, 0.4) is 0 Å². The van der Waals surface area contributed by atoms with Crippen LogP contribution in [0.1, 0.15) is 19.8 Å². The number of hydrogen-bond donors (Lipinski definition) is 0. The van der Waals surface area contributed by atoms with E-state index in [0.717, 1.165) is 0 Å². The van der Waals surface area contributed by atoms with Gasteiger partial charge in [-0.25, -0.2) is 0 Å². The first-order valence-electron chi connectivity index (χ1n) is 5.35. The van der Waals surface area contributed by atoms with Gasteiger partial charge >= 0.3 is 5.97 Å². The van der Waals surface area contributed by atoms with Gasteiger partial charge in [0.15, 0.2) is 0 Å². The van der Waals surface area contributed by atoms with Crippen molar-refractivity contribution < 1.29 is 14.5 Å². The highest BCUT2D eigenvalue weighted by Crippen LogP contribution is 2.32. The SMILES string of the molecule is COC(=O)CCC(C)[N+](=O)[O-].c1cc2cc-2c1. The summed E-state index contributed by atoms with van der Waals surface area (Å²) in [7, 11) is 1.26. The molecule has 0 aromatic heterocycles. The van der Waals surface area contributed by atoms with E-state index >= 15 is 0 Å². The molecule has 0 amide bonds. The maximum absolute atomic E-state index is 10.5. The van der Waals surface area contributed by atoms with Gasteiger partial charge in [-0.3, -0.25) is 14.9 Å². The van der Waals surface area contributed by atoms with Crippen molar-refractivity contribution in [3.05, 3.63) is 34.4 Å². The van der Waals surface area contributed by atoms with Gasteiger partial charge in [0.25, 0.3) is 0 Å². The average Bonchev–Trinajstić information content (AvgIpc) is 2.93. The number of benzene rings is 1.